The number of piperidine rings is 1. The zero-order chi connectivity index (χ0) is 18.5. The van der Waals surface area contributed by atoms with E-state index in [1.807, 2.05) is 11.0 Å². The molecule has 0 unspecified atom stereocenters. The van der Waals surface area contributed by atoms with Gasteiger partial charge in [0.05, 0.1) is 18.2 Å². The summed E-state index contributed by atoms with van der Waals surface area (Å²) in [4.78, 5) is 41.9. The van der Waals surface area contributed by atoms with Gasteiger partial charge in [0, 0.05) is 52.3 Å². The lowest BCUT2D eigenvalue weighted by atomic mass is 9.96. The third-order valence-corrected chi connectivity index (χ3v) is 5.22. The summed E-state index contributed by atoms with van der Waals surface area (Å²) >= 11 is 0. The van der Waals surface area contributed by atoms with Crippen LogP contribution in [0.4, 0.5) is 0 Å². The Morgan fingerprint density at radius 2 is 2.04 bits per heavy atom. The molecule has 3 rings (SSSR count). The van der Waals surface area contributed by atoms with Gasteiger partial charge in [-0.25, -0.2) is 0 Å². The van der Waals surface area contributed by atoms with Crippen molar-refractivity contribution < 1.29 is 14.4 Å². The van der Waals surface area contributed by atoms with E-state index in [1.54, 1.807) is 23.0 Å². The second-order valence-corrected chi connectivity index (χ2v) is 7.19. The van der Waals surface area contributed by atoms with E-state index in [1.165, 1.54) is 0 Å². The first-order chi connectivity index (χ1) is 12.5. The maximum absolute atomic E-state index is 12.7. The van der Waals surface area contributed by atoms with Gasteiger partial charge < -0.3 is 14.7 Å². The van der Waals surface area contributed by atoms with Gasteiger partial charge in [0.15, 0.2) is 0 Å². The number of nitrogens with one attached hydrogen (secondary N) is 1. The molecule has 1 aromatic heterocycles. The van der Waals surface area contributed by atoms with Gasteiger partial charge in [0.25, 0.3) is 0 Å². The van der Waals surface area contributed by atoms with E-state index in [-0.39, 0.29) is 23.6 Å². The van der Waals surface area contributed by atoms with Gasteiger partial charge in [-0.2, -0.15) is 5.10 Å². The third kappa shape index (κ3) is 4.42. The molecule has 2 saturated heterocycles. The quantitative estimate of drug-likeness (QED) is 0.771. The minimum absolute atomic E-state index is 0.0619. The highest BCUT2D eigenvalue weighted by Crippen LogP contribution is 2.21. The Morgan fingerprint density at radius 3 is 2.73 bits per heavy atom. The number of nitrogens with zero attached hydrogens (tertiary/aromatic N) is 4. The van der Waals surface area contributed by atoms with Crippen LogP contribution in [0.3, 0.4) is 0 Å². The zero-order valence-corrected chi connectivity index (χ0v) is 15.3. The summed E-state index contributed by atoms with van der Waals surface area (Å²) in [6.45, 7) is 3.09. The fourth-order valence-electron chi connectivity index (χ4n) is 3.74. The van der Waals surface area contributed by atoms with Crippen LogP contribution >= 0.6 is 0 Å². The highest BCUT2D eigenvalue weighted by molar-refractivity contribution is 5.83. The van der Waals surface area contributed by atoms with E-state index < -0.39 is 0 Å². The Balaban J connectivity index is 1.47. The van der Waals surface area contributed by atoms with Crippen molar-refractivity contribution in [3.63, 3.8) is 0 Å². The predicted molar refractivity (Wildman–Crippen MR) is 94.8 cm³/mol. The molecule has 8 nitrogen and oxygen atoms in total. The summed E-state index contributed by atoms with van der Waals surface area (Å²) < 4.78 is 0. The van der Waals surface area contributed by atoms with Crippen molar-refractivity contribution in [3.05, 3.63) is 18.0 Å². The number of aromatic nitrogens is 2. The Morgan fingerprint density at radius 1 is 1.27 bits per heavy atom. The van der Waals surface area contributed by atoms with E-state index in [4.69, 9.17) is 0 Å². The first-order valence-electron chi connectivity index (χ1n) is 9.33. The monoisotopic (exact) mass is 361 g/mol. The summed E-state index contributed by atoms with van der Waals surface area (Å²) in [5.74, 6) is 0.224. The van der Waals surface area contributed by atoms with E-state index in [2.05, 4.69) is 10.2 Å². The molecule has 26 heavy (non-hydrogen) atoms. The molecule has 0 bridgehead atoms. The van der Waals surface area contributed by atoms with Crippen LogP contribution in [0.5, 0.6) is 0 Å². The first kappa shape index (κ1) is 18.4. The lowest BCUT2D eigenvalue weighted by Gasteiger charge is -2.34. The first-order valence-corrected chi connectivity index (χ1v) is 9.33. The van der Waals surface area contributed by atoms with Gasteiger partial charge in [0.1, 0.15) is 0 Å². The zero-order valence-electron chi connectivity index (χ0n) is 15.3. The smallest absolute Gasteiger partial charge is 0.227 e. The summed E-state index contributed by atoms with van der Waals surface area (Å²) in [6, 6.07) is 1.85. The molecule has 142 valence electrons. The van der Waals surface area contributed by atoms with Crippen LogP contribution in [0, 0.1) is 5.92 Å². The summed E-state index contributed by atoms with van der Waals surface area (Å²) in [5.41, 5.74) is 0.889. The highest BCUT2D eigenvalue weighted by atomic mass is 16.2. The number of hydrogen-bond donors (Lipinski definition) is 1. The van der Waals surface area contributed by atoms with Gasteiger partial charge >= 0.3 is 0 Å². The standard InChI is InChI=1S/C18H27N5O3/c1-21(13-15-7-8-19-20-15)18(26)14-5-6-17(25)23(12-14)11-3-10-22-9-2-4-16(22)24/h7-8,14H,2-6,9-13H2,1H3,(H,19,20)/t14-/m0/s1. The fraction of sp³-hybridized carbons (Fsp3) is 0.667. The molecule has 2 fully saturated rings. The number of likely N-dealkylation sites (tertiary alicyclic amines) is 2. The van der Waals surface area contributed by atoms with E-state index in [0.29, 0.717) is 45.4 Å². The van der Waals surface area contributed by atoms with Gasteiger partial charge in [-0.15, -0.1) is 0 Å². The number of hydrogen-bond acceptors (Lipinski definition) is 4. The lowest BCUT2D eigenvalue weighted by molar-refractivity contribution is -0.142. The maximum atomic E-state index is 12.7. The molecule has 8 heteroatoms. The molecule has 3 amide bonds. The second-order valence-electron chi connectivity index (χ2n) is 7.19. The number of aromatic amines is 1. The summed E-state index contributed by atoms with van der Waals surface area (Å²) in [5, 5.41) is 6.76. The van der Waals surface area contributed by atoms with E-state index >= 15 is 0 Å². The molecule has 1 atom stereocenters. The van der Waals surface area contributed by atoms with Gasteiger partial charge in [-0.1, -0.05) is 0 Å². The predicted octanol–water partition coefficient (Wildman–Crippen LogP) is 0.619. The molecule has 0 aliphatic carbocycles. The van der Waals surface area contributed by atoms with Crippen molar-refractivity contribution in [1.82, 2.24) is 24.9 Å². The fourth-order valence-corrected chi connectivity index (χ4v) is 3.74. The molecule has 3 heterocycles. The Labute approximate surface area is 153 Å². The topological polar surface area (TPSA) is 89.6 Å². The summed E-state index contributed by atoms with van der Waals surface area (Å²) in [7, 11) is 1.78. The van der Waals surface area contributed by atoms with Crippen LogP contribution in [-0.4, -0.2) is 75.8 Å². The molecule has 2 aliphatic heterocycles. The number of carbonyl (C=O) groups excluding carboxylic acids is 3. The van der Waals surface area contributed by atoms with E-state index in [0.717, 1.165) is 25.1 Å². The highest BCUT2D eigenvalue weighted by Gasteiger charge is 2.32. The Hall–Kier alpha value is -2.38. The molecular formula is C18H27N5O3. The third-order valence-electron chi connectivity index (χ3n) is 5.22. The average Bonchev–Trinajstić information content (AvgIpc) is 3.28. The van der Waals surface area contributed by atoms with Crippen LogP contribution in [0.25, 0.3) is 0 Å². The summed E-state index contributed by atoms with van der Waals surface area (Å²) in [6.07, 6.45) is 5.02. The van der Waals surface area contributed by atoms with E-state index in [9.17, 15) is 14.4 Å². The largest absolute Gasteiger partial charge is 0.343 e. The van der Waals surface area contributed by atoms with Crippen molar-refractivity contribution >= 4 is 17.7 Å². The van der Waals surface area contributed by atoms with Crippen LogP contribution in [-0.2, 0) is 20.9 Å². The van der Waals surface area contributed by atoms with Crippen molar-refractivity contribution in [2.45, 2.75) is 38.6 Å². The lowest BCUT2D eigenvalue weighted by Crippen LogP contribution is -2.46. The Kier molecular flexibility index (Phi) is 5.90. The normalized spacial score (nSPS) is 20.7. The van der Waals surface area contributed by atoms with Gasteiger partial charge in [-0.05, 0) is 25.3 Å². The molecule has 2 aliphatic rings. The van der Waals surface area contributed by atoms with Gasteiger partial charge in [-0.3, -0.25) is 19.5 Å². The minimum atomic E-state index is -0.158. The van der Waals surface area contributed by atoms with Crippen molar-refractivity contribution in [2.75, 3.05) is 33.2 Å². The number of H-pyrrole nitrogens is 1. The number of amides is 3. The van der Waals surface area contributed by atoms with Crippen LogP contribution in [0.15, 0.2) is 12.3 Å². The van der Waals surface area contributed by atoms with Crippen LogP contribution in [0.1, 0.15) is 37.8 Å². The minimum Gasteiger partial charge on any atom is -0.343 e. The second kappa shape index (κ2) is 8.33. The molecule has 0 aromatic carbocycles. The van der Waals surface area contributed by atoms with Crippen molar-refractivity contribution in [2.24, 2.45) is 5.92 Å². The van der Waals surface area contributed by atoms with Gasteiger partial charge in [0.2, 0.25) is 17.7 Å². The van der Waals surface area contributed by atoms with Crippen LogP contribution < -0.4 is 0 Å². The van der Waals surface area contributed by atoms with Crippen molar-refractivity contribution in [3.8, 4) is 0 Å². The molecule has 0 radical (unpaired) electrons. The average molecular weight is 361 g/mol. The molecule has 0 spiro atoms. The molecule has 1 aromatic rings. The van der Waals surface area contributed by atoms with Crippen molar-refractivity contribution in [1.29, 1.82) is 0 Å². The maximum Gasteiger partial charge on any atom is 0.227 e. The molecular weight excluding hydrogens is 334 g/mol. The van der Waals surface area contributed by atoms with Crippen LogP contribution in [0.2, 0.25) is 0 Å². The Bertz CT molecular complexity index is 645. The SMILES string of the molecule is CN(Cc1ccn[nH]1)C(=O)[C@H]1CCC(=O)N(CCCN2CCCC2=O)C1. The number of rotatable bonds is 7. The molecule has 1 N–H and O–H groups in total. The molecule has 0 saturated carbocycles. The number of carbonyl (C=O) groups is 3.